The summed E-state index contributed by atoms with van der Waals surface area (Å²) >= 11 is 0. The summed E-state index contributed by atoms with van der Waals surface area (Å²) in [4.78, 5) is 0. The third kappa shape index (κ3) is 6.68. The minimum atomic E-state index is -4.32. The Morgan fingerprint density at radius 2 is 1.90 bits per heavy atom. The van der Waals surface area contributed by atoms with Crippen LogP contribution in [0.1, 0.15) is 39.5 Å². The zero-order valence-electron chi connectivity index (χ0n) is 12.0. The Kier molecular flexibility index (Phi) is 6.68. The first-order valence-electron chi connectivity index (χ1n) is 6.97. The highest BCUT2D eigenvalue weighted by Crippen LogP contribution is 2.27. The summed E-state index contributed by atoms with van der Waals surface area (Å²) < 4.78 is 41.4. The molecule has 1 aromatic rings. The number of rotatable bonds is 8. The monoisotopic (exact) mass is 289 g/mol. The van der Waals surface area contributed by atoms with Crippen molar-refractivity contribution in [2.45, 2.75) is 51.7 Å². The molecule has 0 aliphatic carbocycles. The van der Waals surface area contributed by atoms with Crippen molar-refractivity contribution < 1.29 is 17.9 Å². The predicted molar refractivity (Wildman–Crippen MR) is 75.2 cm³/mol. The van der Waals surface area contributed by atoms with Gasteiger partial charge in [-0.05, 0) is 25.5 Å². The Hall–Kier alpha value is -1.39. The summed E-state index contributed by atoms with van der Waals surface area (Å²) in [6, 6.07) is 6.94. The van der Waals surface area contributed by atoms with Crippen LogP contribution < -0.4 is 10.1 Å². The van der Waals surface area contributed by atoms with Crippen LogP contribution in [0.15, 0.2) is 24.3 Å². The summed E-state index contributed by atoms with van der Waals surface area (Å²) in [6.07, 6.45) is 0.0911. The normalized spacial score (nSPS) is 13.1. The SMILES string of the molecule is CCCCCC(C)Nc1ccccc1OCC(F)(F)F. The van der Waals surface area contributed by atoms with E-state index in [1.54, 1.807) is 24.3 Å². The van der Waals surface area contributed by atoms with Crippen molar-refractivity contribution in [2.24, 2.45) is 0 Å². The summed E-state index contributed by atoms with van der Waals surface area (Å²) in [5, 5.41) is 3.21. The number of para-hydroxylation sites is 2. The topological polar surface area (TPSA) is 21.3 Å². The molecule has 1 rings (SSSR count). The number of alkyl halides is 3. The molecule has 0 heterocycles. The number of hydrogen-bond donors (Lipinski definition) is 1. The van der Waals surface area contributed by atoms with Gasteiger partial charge in [-0.3, -0.25) is 0 Å². The van der Waals surface area contributed by atoms with Crippen molar-refractivity contribution in [3.8, 4) is 5.75 Å². The molecule has 0 spiro atoms. The molecule has 1 unspecified atom stereocenters. The average molecular weight is 289 g/mol. The van der Waals surface area contributed by atoms with E-state index in [9.17, 15) is 13.2 Å². The Morgan fingerprint density at radius 3 is 2.55 bits per heavy atom. The van der Waals surface area contributed by atoms with Gasteiger partial charge in [-0.15, -0.1) is 0 Å². The van der Waals surface area contributed by atoms with Gasteiger partial charge in [0.1, 0.15) is 5.75 Å². The van der Waals surface area contributed by atoms with Crippen LogP contribution in [-0.2, 0) is 0 Å². The minimum Gasteiger partial charge on any atom is -0.482 e. The summed E-state index contributed by atoms with van der Waals surface area (Å²) in [6.45, 7) is 2.89. The zero-order chi connectivity index (χ0) is 15.0. The highest BCUT2D eigenvalue weighted by atomic mass is 19.4. The molecule has 1 N–H and O–H groups in total. The lowest BCUT2D eigenvalue weighted by molar-refractivity contribution is -0.153. The second-order valence-electron chi connectivity index (χ2n) is 4.94. The second-order valence-corrected chi connectivity index (χ2v) is 4.94. The molecule has 0 aromatic heterocycles. The van der Waals surface area contributed by atoms with Crippen LogP contribution in [0.5, 0.6) is 5.75 Å². The smallest absolute Gasteiger partial charge is 0.422 e. The van der Waals surface area contributed by atoms with Crippen molar-refractivity contribution in [3.05, 3.63) is 24.3 Å². The third-order valence-corrected chi connectivity index (χ3v) is 2.92. The first kappa shape index (κ1) is 16.7. The van der Waals surface area contributed by atoms with Gasteiger partial charge in [-0.1, -0.05) is 38.3 Å². The van der Waals surface area contributed by atoms with Crippen molar-refractivity contribution in [2.75, 3.05) is 11.9 Å². The Labute approximate surface area is 118 Å². The fraction of sp³-hybridized carbons (Fsp3) is 0.600. The molecule has 0 radical (unpaired) electrons. The van der Waals surface area contributed by atoms with Crippen molar-refractivity contribution in [3.63, 3.8) is 0 Å². The molecular weight excluding hydrogens is 267 g/mol. The van der Waals surface area contributed by atoms with Gasteiger partial charge in [0.05, 0.1) is 5.69 Å². The molecule has 0 aliphatic rings. The molecular formula is C15H22F3NO. The van der Waals surface area contributed by atoms with E-state index in [4.69, 9.17) is 4.74 Å². The molecule has 0 fully saturated rings. The summed E-state index contributed by atoms with van der Waals surface area (Å²) in [5.74, 6) is 0.243. The molecule has 0 aliphatic heterocycles. The van der Waals surface area contributed by atoms with E-state index in [0.29, 0.717) is 5.69 Å². The molecule has 0 saturated heterocycles. The summed E-state index contributed by atoms with van der Waals surface area (Å²) in [7, 11) is 0. The molecule has 1 atom stereocenters. The van der Waals surface area contributed by atoms with Crippen LogP contribution in [-0.4, -0.2) is 18.8 Å². The number of benzene rings is 1. The molecule has 114 valence electrons. The van der Waals surface area contributed by atoms with Crippen LogP contribution in [0.25, 0.3) is 0 Å². The number of unbranched alkanes of at least 4 members (excludes halogenated alkanes) is 2. The van der Waals surface area contributed by atoms with E-state index in [1.807, 2.05) is 6.92 Å². The van der Waals surface area contributed by atoms with E-state index in [-0.39, 0.29) is 11.8 Å². The van der Waals surface area contributed by atoms with E-state index in [0.717, 1.165) is 25.7 Å². The van der Waals surface area contributed by atoms with Gasteiger partial charge < -0.3 is 10.1 Å². The van der Waals surface area contributed by atoms with Crippen molar-refractivity contribution in [1.29, 1.82) is 0 Å². The lowest BCUT2D eigenvalue weighted by Gasteiger charge is -2.18. The Balaban J connectivity index is 2.56. The lowest BCUT2D eigenvalue weighted by Crippen LogP contribution is -2.21. The average Bonchev–Trinajstić information content (AvgIpc) is 2.37. The molecule has 2 nitrogen and oxygen atoms in total. The fourth-order valence-electron chi connectivity index (χ4n) is 1.91. The molecule has 0 bridgehead atoms. The highest BCUT2D eigenvalue weighted by Gasteiger charge is 2.28. The van der Waals surface area contributed by atoms with E-state index >= 15 is 0 Å². The van der Waals surface area contributed by atoms with Crippen LogP contribution in [0.3, 0.4) is 0 Å². The van der Waals surface area contributed by atoms with Gasteiger partial charge in [-0.2, -0.15) is 13.2 Å². The molecule has 5 heteroatoms. The van der Waals surface area contributed by atoms with E-state index < -0.39 is 12.8 Å². The first-order chi connectivity index (χ1) is 9.42. The third-order valence-electron chi connectivity index (χ3n) is 2.92. The van der Waals surface area contributed by atoms with Crippen LogP contribution in [0, 0.1) is 0 Å². The quantitative estimate of drug-likeness (QED) is 0.679. The maximum Gasteiger partial charge on any atom is 0.422 e. The number of ether oxygens (including phenoxy) is 1. The highest BCUT2D eigenvalue weighted by molar-refractivity contribution is 5.56. The van der Waals surface area contributed by atoms with Gasteiger partial charge in [0, 0.05) is 6.04 Å². The summed E-state index contributed by atoms with van der Waals surface area (Å²) in [5.41, 5.74) is 0.612. The fourth-order valence-corrected chi connectivity index (χ4v) is 1.91. The van der Waals surface area contributed by atoms with Gasteiger partial charge in [0.15, 0.2) is 6.61 Å². The van der Waals surface area contributed by atoms with Crippen LogP contribution in [0.4, 0.5) is 18.9 Å². The largest absolute Gasteiger partial charge is 0.482 e. The Bertz CT molecular complexity index is 393. The number of halogens is 3. The molecule has 20 heavy (non-hydrogen) atoms. The van der Waals surface area contributed by atoms with Gasteiger partial charge in [-0.25, -0.2) is 0 Å². The number of anilines is 1. The maximum absolute atomic E-state index is 12.2. The molecule has 1 aromatic carbocycles. The molecule has 0 saturated carbocycles. The zero-order valence-corrected chi connectivity index (χ0v) is 12.0. The first-order valence-corrected chi connectivity index (χ1v) is 6.97. The van der Waals surface area contributed by atoms with Gasteiger partial charge in [0.25, 0.3) is 0 Å². The van der Waals surface area contributed by atoms with Crippen molar-refractivity contribution in [1.82, 2.24) is 0 Å². The number of hydrogen-bond acceptors (Lipinski definition) is 2. The van der Waals surface area contributed by atoms with Crippen molar-refractivity contribution >= 4 is 5.69 Å². The minimum absolute atomic E-state index is 0.206. The lowest BCUT2D eigenvalue weighted by atomic mass is 10.1. The standard InChI is InChI=1S/C15H22F3NO/c1-3-4-5-8-12(2)19-13-9-6-7-10-14(13)20-11-15(16,17)18/h6-7,9-10,12,19H,3-5,8,11H2,1-2H3. The van der Waals surface area contributed by atoms with Gasteiger partial charge in [0.2, 0.25) is 0 Å². The van der Waals surface area contributed by atoms with E-state index in [2.05, 4.69) is 12.2 Å². The number of nitrogens with one attached hydrogen (secondary N) is 1. The Morgan fingerprint density at radius 1 is 1.20 bits per heavy atom. The maximum atomic E-state index is 12.2. The molecule has 0 amide bonds. The van der Waals surface area contributed by atoms with Gasteiger partial charge >= 0.3 is 6.18 Å². The second kappa shape index (κ2) is 8.02. The van der Waals surface area contributed by atoms with Crippen LogP contribution in [0.2, 0.25) is 0 Å². The van der Waals surface area contributed by atoms with Crippen LogP contribution >= 0.6 is 0 Å². The van der Waals surface area contributed by atoms with E-state index in [1.165, 1.54) is 0 Å². The predicted octanol–water partition coefficient (Wildman–Crippen LogP) is 5.01.